The molecule has 1 aromatic rings. The second kappa shape index (κ2) is 4.94. The van der Waals surface area contributed by atoms with E-state index in [1.165, 1.54) is 7.11 Å². The summed E-state index contributed by atoms with van der Waals surface area (Å²) in [6.07, 6.45) is 0. The molecular weight excluding hydrogens is 260 g/mol. The van der Waals surface area contributed by atoms with E-state index in [4.69, 9.17) is 30.9 Å². The molecule has 0 saturated carbocycles. The molecule has 0 amide bonds. The third kappa shape index (κ3) is 2.06. The maximum Gasteiger partial charge on any atom is 0.310 e. The molecule has 0 saturated heterocycles. The van der Waals surface area contributed by atoms with Crippen molar-refractivity contribution in [3.63, 3.8) is 0 Å². The highest BCUT2D eigenvalue weighted by Gasteiger charge is 2.29. The van der Waals surface area contributed by atoms with Crippen molar-refractivity contribution in [2.24, 2.45) is 0 Å². The van der Waals surface area contributed by atoms with E-state index in [2.05, 4.69) is 0 Å². The zero-order chi connectivity index (χ0) is 13.3. The third-order valence-electron chi connectivity index (χ3n) is 2.78. The standard InChI is InChI=1S/C12H13ClO5/c1-6(12(14)15)9-10(16-2)7(13)5-8-11(9)18-4-3-17-8/h5-6H,3-4H2,1-2H3,(H,14,15). The van der Waals surface area contributed by atoms with Gasteiger partial charge in [0.1, 0.15) is 19.0 Å². The van der Waals surface area contributed by atoms with Gasteiger partial charge in [0.15, 0.2) is 11.5 Å². The summed E-state index contributed by atoms with van der Waals surface area (Å²) in [7, 11) is 1.44. The van der Waals surface area contributed by atoms with Crippen LogP contribution in [-0.4, -0.2) is 31.4 Å². The number of ether oxygens (including phenoxy) is 3. The number of hydrogen-bond acceptors (Lipinski definition) is 4. The zero-order valence-corrected chi connectivity index (χ0v) is 10.8. The highest BCUT2D eigenvalue weighted by molar-refractivity contribution is 6.32. The van der Waals surface area contributed by atoms with Gasteiger partial charge in [-0.05, 0) is 6.92 Å². The monoisotopic (exact) mass is 272 g/mol. The van der Waals surface area contributed by atoms with Gasteiger partial charge < -0.3 is 19.3 Å². The number of hydrogen-bond donors (Lipinski definition) is 1. The summed E-state index contributed by atoms with van der Waals surface area (Å²) < 4.78 is 16.1. The van der Waals surface area contributed by atoms with E-state index in [-0.39, 0.29) is 0 Å². The summed E-state index contributed by atoms with van der Waals surface area (Å²) in [5.41, 5.74) is 0.409. The summed E-state index contributed by atoms with van der Waals surface area (Å²) in [4.78, 5) is 11.2. The summed E-state index contributed by atoms with van der Waals surface area (Å²) in [5.74, 6) is -0.607. The Morgan fingerprint density at radius 1 is 1.50 bits per heavy atom. The van der Waals surface area contributed by atoms with Gasteiger partial charge in [-0.2, -0.15) is 0 Å². The van der Waals surface area contributed by atoms with Crippen LogP contribution >= 0.6 is 11.6 Å². The van der Waals surface area contributed by atoms with Gasteiger partial charge in [-0.25, -0.2) is 0 Å². The molecule has 0 bridgehead atoms. The second-order valence-corrected chi connectivity index (χ2v) is 4.30. The Morgan fingerprint density at radius 2 is 2.17 bits per heavy atom. The number of carbonyl (C=O) groups is 1. The lowest BCUT2D eigenvalue weighted by Crippen LogP contribution is -2.19. The van der Waals surface area contributed by atoms with Crippen LogP contribution in [0.3, 0.4) is 0 Å². The Morgan fingerprint density at radius 3 is 2.78 bits per heavy atom. The molecule has 1 aromatic carbocycles. The minimum atomic E-state index is -0.980. The maximum absolute atomic E-state index is 11.2. The normalized spacial score (nSPS) is 15.1. The lowest BCUT2D eigenvalue weighted by molar-refractivity contribution is -0.138. The Labute approximate surface area is 109 Å². The predicted octanol–water partition coefficient (Wildman–Crippen LogP) is 2.31. The molecule has 2 rings (SSSR count). The van der Waals surface area contributed by atoms with Gasteiger partial charge in [-0.3, -0.25) is 4.79 Å². The SMILES string of the molecule is COc1c(Cl)cc2c(c1C(C)C(=O)O)OCCO2. The minimum Gasteiger partial charge on any atom is -0.495 e. The predicted molar refractivity (Wildman–Crippen MR) is 65.0 cm³/mol. The summed E-state index contributed by atoms with van der Waals surface area (Å²) in [6, 6.07) is 1.58. The molecule has 0 fully saturated rings. The largest absolute Gasteiger partial charge is 0.495 e. The molecule has 0 radical (unpaired) electrons. The van der Waals surface area contributed by atoms with Gasteiger partial charge in [0.05, 0.1) is 23.6 Å². The molecule has 1 N–H and O–H groups in total. The molecule has 18 heavy (non-hydrogen) atoms. The lowest BCUT2D eigenvalue weighted by atomic mass is 9.98. The van der Waals surface area contributed by atoms with Gasteiger partial charge in [0, 0.05) is 6.07 Å². The topological polar surface area (TPSA) is 65.0 Å². The first-order chi connectivity index (χ1) is 8.56. The van der Waals surface area contributed by atoms with Crippen LogP contribution in [0.4, 0.5) is 0 Å². The number of aliphatic carboxylic acids is 1. The summed E-state index contributed by atoms with van der Waals surface area (Å²) in [6.45, 7) is 2.34. The number of benzene rings is 1. The lowest BCUT2D eigenvalue weighted by Gasteiger charge is -2.25. The number of carboxylic acid groups (broad SMARTS) is 1. The van der Waals surface area contributed by atoms with Crippen molar-refractivity contribution in [1.82, 2.24) is 0 Å². The van der Waals surface area contributed by atoms with Gasteiger partial charge in [0.25, 0.3) is 0 Å². The van der Waals surface area contributed by atoms with E-state index in [1.54, 1.807) is 13.0 Å². The average molecular weight is 273 g/mol. The van der Waals surface area contributed by atoms with Crippen LogP contribution in [0.25, 0.3) is 0 Å². The molecule has 0 aliphatic carbocycles. The Hall–Kier alpha value is -1.62. The summed E-state index contributed by atoms with van der Waals surface area (Å²) >= 11 is 6.06. The van der Waals surface area contributed by atoms with Gasteiger partial charge in [0.2, 0.25) is 0 Å². The van der Waals surface area contributed by atoms with Gasteiger partial charge in [-0.1, -0.05) is 11.6 Å². The molecule has 5 nitrogen and oxygen atoms in total. The van der Waals surface area contributed by atoms with Crippen LogP contribution < -0.4 is 14.2 Å². The average Bonchev–Trinajstić information content (AvgIpc) is 2.36. The molecule has 1 aliphatic heterocycles. The van der Waals surface area contributed by atoms with Crippen LogP contribution in [0.1, 0.15) is 18.4 Å². The van der Waals surface area contributed by atoms with Gasteiger partial charge >= 0.3 is 5.97 Å². The highest BCUT2D eigenvalue weighted by atomic mass is 35.5. The fourth-order valence-electron chi connectivity index (χ4n) is 1.89. The first kappa shape index (κ1) is 12.8. The highest BCUT2D eigenvalue weighted by Crippen LogP contribution is 2.47. The number of carboxylic acids is 1. The van der Waals surface area contributed by atoms with Crippen molar-refractivity contribution in [3.8, 4) is 17.2 Å². The Balaban J connectivity index is 2.65. The molecule has 6 heteroatoms. The number of rotatable bonds is 3. The summed E-state index contributed by atoms with van der Waals surface area (Å²) in [5, 5.41) is 9.46. The van der Waals surface area contributed by atoms with Gasteiger partial charge in [-0.15, -0.1) is 0 Å². The fraction of sp³-hybridized carbons (Fsp3) is 0.417. The van der Waals surface area contributed by atoms with E-state index in [0.29, 0.717) is 41.0 Å². The first-order valence-corrected chi connectivity index (χ1v) is 5.82. The van der Waals surface area contributed by atoms with Crippen LogP contribution in [0.5, 0.6) is 17.2 Å². The zero-order valence-electron chi connectivity index (χ0n) is 10.0. The number of fused-ring (bicyclic) bond motifs is 1. The molecule has 98 valence electrons. The van der Waals surface area contributed by atoms with E-state index < -0.39 is 11.9 Å². The van der Waals surface area contributed by atoms with E-state index in [9.17, 15) is 4.79 Å². The van der Waals surface area contributed by atoms with Crippen molar-refractivity contribution < 1.29 is 24.1 Å². The second-order valence-electron chi connectivity index (χ2n) is 3.89. The van der Waals surface area contributed by atoms with Crippen LogP contribution in [0, 0.1) is 0 Å². The van der Waals surface area contributed by atoms with E-state index in [1.807, 2.05) is 0 Å². The van der Waals surface area contributed by atoms with E-state index >= 15 is 0 Å². The number of halogens is 1. The number of methoxy groups -OCH3 is 1. The third-order valence-corrected chi connectivity index (χ3v) is 3.06. The van der Waals surface area contributed by atoms with Crippen molar-refractivity contribution in [2.45, 2.75) is 12.8 Å². The smallest absolute Gasteiger partial charge is 0.310 e. The van der Waals surface area contributed by atoms with E-state index in [0.717, 1.165) is 0 Å². The molecular formula is C12H13ClO5. The molecule has 1 aliphatic rings. The molecule has 0 spiro atoms. The Kier molecular flexibility index (Phi) is 3.52. The van der Waals surface area contributed by atoms with Crippen LogP contribution in [0.2, 0.25) is 5.02 Å². The van der Waals surface area contributed by atoms with Crippen molar-refractivity contribution in [3.05, 3.63) is 16.7 Å². The van der Waals surface area contributed by atoms with Crippen molar-refractivity contribution in [1.29, 1.82) is 0 Å². The van der Waals surface area contributed by atoms with Crippen LogP contribution in [-0.2, 0) is 4.79 Å². The first-order valence-electron chi connectivity index (χ1n) is 5.45. The Bertz CT molecular complexity index is 486. The maximum atomic E-state index is 11.2. The fourth-order valence-corrected chi connectivity index (χ4v) is 2.16. The molecule has 1 atom stereocenters. The molecule has 1 heterocycles. The molecule has 1 unspecified atom stereocenters. The molecule has 0 aromatic heterocycles. The minimum absolute atomic E-state index is 0.310. The van der Waals surface area contributed by atoms with Crippen molar-refractivity contribution in [2.75, 3.05) is 20.3 Å². The quantitative estimate of drug-likeness (QED) is 0.915. The van der Waals surface area contributed by atoms with Crippen LogP contribution in [0.15, 0.2) is 6.07 Å². The van der Waals surface area contributed by atoms with Crippen molar-refractivity contribution >= 4 is 17.6 Å².